The smallest absolute Gasteiger partial charge is 0.416 e. The summed E-state index contributed by atoms with van der Waals surface area (Å²) in [5.41, 5.74) is -0.258. The highest BCUT2D eigenvalue weighted by atomic mass is 35.5. The molecule has 2 atom stereocenters. The molecule has 164 valence electrons. The lowest BCUT2D eigenvalue weighted by Crippen LogP contribution is -2.53. The molecule has 1 spiro atoms. The van der Waals surface area contributed by atoms with Gasteiger partial charge in [-0.25, -0.2) is 0 Å². The Kier molecular flexibility index (Phi) is 5.37. The Hall–Kier alpha value is -2.74. The van der Waals surface area contributed by atoms with Crippen molar-refractivity contribution in [3.63, 3.8) is 0 Å². The van der Waals surface area contributed by atoms with Gasteiger partial charge in [-0.1, -0.05) is 17.7 Å². The molecule has 1 saturated heterocycles. The number of carbonyl (C=O) groups excluding carboxylic acids is 2. The molecule has 2 aliphatic rings. The van der Waals surface area contributed by atoms with Crippen molar-refractivity contribution in [2.24, 2.45) is 0 Å². The Morgan fingerprint density at radius 3 is 2.58 bits per heavy atom. The number of hydrogen-bond acceptors (Lipinski definition) is 3. The van der Waals surface area contributed by atoms with Gasteiger partial charge >= 0.3 is 6.18 Å². The predicted molar refractivity (Wildman–Crippen MR) is 109 cm³/mol. The molecule has 9 heteroatoms. The van der Waals surface area contributed by atoms with Crippen molar-refractivity contribution in [2.75, 3.05) is 18.5 Å². The lowest BCUT2D eigenvalue weighted by molar-refractivity contribution is -0.142. The standard InChI is InChI=1S/C22H20ClF3N2O3/c1-13(20(30)27-16-5-3-15(23)4-6-16)28-9-8-21(11-19(28)29)12-31-18-10-14(22(24,25)26)2-7-17(18)21/h2-7,10,13H,8-9,11-12H2,1H3,(H,27,30). The van der Waals surface area contributed by atoms with Gasteiger partial charge in [-0.05, 0) is 49.7 Å². The van der Waals surface area contributed by atoms with E-state index in [1.54, 1.807) is 31.2 Å². The third-order valence-electron chi connectivity index (χ3n) is 5.98. The number of alkyl halides is 3. The number of rotatable bonds is 3. The number of likely N-dealkylation sites (tertiary alicyclic amines) is 1. The molecule has 0 bridgehead atoms. The van der Waals surface area contributed by atoms with Gasteiger partial charge in [0.05, 0.1) is 12.2 Å². The monoisotopic (exact) mass is 452 g/mol. The summed E-state index contributed by atoms with van der Waals surface area (Å²) in [4.78, 5) is 27.0. The summed E-state index contributed by atoms with van der Waals surface area (Å²) in [6, 6.07) is 9.36. The van der Waals surface area contributed by atoms with Crippen LogP contribution in [0.1, 0.15) is 30.9 Å². The first kappa shape index (κ1) is 21.5. The molecule has 31 heavy (non-hydrogen) atoms. The largest absolute Gasteiger partial charge is 0.492 e. The lowest BCUT2D eigenvalue weighted by Gasteiger charge is -2.40. The molecule has 2 aliphatic heterocycles. The van der Waals surface area contributed by atoms with E-state index < -0.39 is 23.2 Å². The van der Waals surface area contributed by atoms with Gasteiger partial charge in [-0.15, -0.1) is 0 Å². The van der Waals surface area contributed by atoms with Crippen LogP contribution in [0, 0.1) is 0 Å². The fraction of sp³-hybridized carbons (Fsp3) is 0.364. The van der Waals surface area contributed by atoms with Gasteiger partial charge in [0.1, 0.15) is 11.8 Å². The van der Waals surface area contributed by atoms with Gasteiger partial charge in [0, 0.05) is 34.7 Å². The molecular weight excluding hydrogens is 433 g/mol. The van der Waals surface area contributed by atoms with Crippen LogP contribution in [0.25, 0.3) is 0 Å². The van der Waals surface area contributed by atoms with Crippen molar-refractivity contribution < 1.29 is 27.5 Å². The summed E-state index contributed by atoms with van der Waals surface area (Å²) in [5, 5.41) is 3.31. The molecule has 2 amide bonds. The molecule has 0 aromatic heterocycles. The van der Waals surface area contributed by atoms with Crippen LogP contribution >= 0.6 is 11.6 Å². The molecule has 2 aromatic carbocycles. The Labute approximate surface area is 182 Å². The summed E-state index contributed by atoms with van der Waals surface area (Å²) in [7, 11) is 0. The topological polar surface area (TPSA) is 58.6 Å². The van der Waals surface area contributed by atoms with Gasteiger partial charge in [-0.3, -0.25) is 9.59 Å². The molecule has 1 N–H and O–H groups in total. The molecule has 5 nitrogen and oxygen atoms in total. The zero-order valence-electron chi connectivity index (χ0n) is 16.6. The first-order valence-corrected chi connectivity index (χ1v) is 10.2. The van der Waals surface area contributed by atoms with Crippen LogP contribution < -0.4 is 10.1 Å². The molecule has 1 fully saturated rings. The molecule has 2 heterocycles. The minimum atomic E-state index is -4.46. The number of anilines is 1. The van der Waals surface area contributed by atoms with Crippen LogP contribution in [-0.2, 0) is 21.2 Å². The van der Waals surface area contributed by atoms with Crippen LogP contribution in [-0.4, -0.2) is 35.9 Å². The van der Waals surface area contributed by atoms with Gasteiger partial charge < -0.3 is 15.0 Å². The average molecular weight is 453 g/mol. The van der Waals surface area contributed by atoms with Crippen molar-refractivity contribution in [1.82, 2.24) is 4.90 Å². The van der Waals surface area contributed by atoms with Crippen LogP contribution in [0.3, 0.4) is 0 Å². The molecule has 4 rings (SSSR count). The minimum Gasteiger partial charge on any atom is -0.492 e. The second-order valence-electron chi connectivity index (χ2n) is 7.96. The van der Waals surface area contributed by atoms with Gasteiger partial charge in [0.15, 0.2) is 0 Å². The fourth-order valence-corrected chi connectivity index (χ4v) is 4.30. The molecule has 0 aliphatic carbocycles. The van der Waals surface area contributed by atoms with E-state index in [1.807, 2.05) is 0 Å². The number of halogens is 4. The van der Waals surface area contributed by atoms with Crippen LogP contribution in [0.4, 0.5) is 18.9 Å². The van der Waals surface area contributed by atoms with Crippen LogP contribution in [0.5, 0.6) is 5.75 Å². The zero-order chi connectivity index (χ0) is 22.4. The minimum absolute atomic E-state index is 0.0733. The van der Waals surface area contributed by atoms with E-state index in [0.29, 0.717) is 29.2 Å². The highest BCUT2D eigenvalue weighted by molar-refractivity contribution is 6.30. The van der Waals surface area contributed by atoms with Crippen molar-refractivity contribution in [3.8, 4) is 5.75 Å². The number of piperidine rings is 1. The Morgan fingerprint density at radius 1 is 1.23 bits per heavy atom. The highest BCUT2D eigenvalue weighted by Crippen LogP contribution is 2.47. The predicted octanol–water partition coefficient (Wildman–Crippen LogP) is 4.64. The number of benzene rings is 2. The van der Waals surface area contributed by atoms with E-state index >= 15 is 0 Å². The number of nitrogens with one attached hydrogen (secondary N) is 1. The maximum absolute atomic E-state index is 13.0. The summed E-state index contributed by atoms with van der Waals surface area (Å²) >= 11 is 5.85. The third kappa shape index (κ3) is 4.08. The van der Waals surface area contributed by atoms with E-state index in [4.69, 9.17) is 16.3 Å². The number of fused-ring (bicyclic) bond motifs is 2. The van der Waals surface area contributed by atoms with E-state index in [0.717, 1.165) is 12.1 Å². The van der Waals surface area contributed by atoms with Gasteiger partial charge in [-0.2, -0.15) is 13.2 Å². The number of nitrogens with zero attached hydrogens (tertiary/aromatic N) is 1. The van der Waals surface area contributed by atoms with Crippen molar-refractivity contribution in [3.05, 3.63) is 58.6 Å². The van der Waals surface area contributed by atoms with E-state index in [2.05, 4.69) is 5.32 Å². The third-order valence-corrected chi connectivity index (χ3v) is 6.24. The zero-order valence-corrected chi connectivity index (χ0v) is 17.4. The number of amides is 2. The summed E-state index contributed by atoms with van der Waals surface area (Å²) in [6.07, 6.45) is -3.89. The maximum Gasteiger partial charge on any atom is 0.416 e. The summed E-state index contributed by atoms with van der Waals surface area (Å²) in [5.74, 6) is -0.393. The quantitative estimate of drug-likeness (QED) is 0.738. The average Bonchev–Trinajstić information content (AvgIpc) is 3.06. The Bertz CT molecular complexity index is 1030. The van der Waals surface area contributed by atoms with Gasteiger partial charge in [0.2, 0.25) is 11.8 Å². The molecule has 0 radical (unpaired) electrons. The molecule has 2 unspecified atom stereocenters. The summed E-state index contributed by atoms with van der Waals surface area (Å²) in [6.45, 7) is 2.10. The number of ether oxygens (including phenoxy) is 1. The fourth-order valence-electron chi connectivity index (χ4n) is 4.17. The van der Waals surface area contributed by atoms with Crippen molar-refractivity contribution in [2.45, 2.75) is 37.4 Å². The van der Waals surface area contributed by atoms with Crippen molar-refractivity contribution >= 4 is 29.1 Å². The molecule has 0 saturated carbocycles. The molecular formula is C22H20ClF3N2O3. The first-order chi connectivity index (χ1) is 14.6. The second kappa shape index (κ2) is 7.75. The highest BCUT2D eigenvalue weighted by Gasteiger charge is 2.48. The van der Waals surface area contributed by atoms with Crippen molar-refractivity contribution in [1.29, 1.82) is 0 Å². The van der Waals surface area contributed by atoms with E-state index in [9.17, 15) is 22.8 Å². The Morgan fingerprint density at radius 2 is 1.94 bits per heavy atom. The normalized spacial score (nSPS) is 21.6. The van der Waals surface area contributed by atoms with E-state index in [1.165, 1.54) is 11.0 Å². The molecule has 2 aromatic rings. The lowest BCUT2D eigenvalue weighted by atomic mass is 9.73. The summed E-state index contributed by atoms with van der Waals surface area (Å²) < 4.78 is 44.5. The van der Waals surface area contributed by atoms with Crippen LogP contribution in [0.2, 0.25) is 5.02 Å². The first-order valence-electron chi connectivity index (χ1n) is 9.79. The Balaban J connectivity index is 1.46. The second-order valence-corrected chi connectivity index (χ2v) is 8.40. The number of hydrogen-bond donors (Lipinski definition) is 1. The SMILES string of the molecule is CC(C(=O)Nc1ccc(Cl)cc1)N1CCC2(COc3cc(C(F)(F)F)ccc32)CC1=O. The maximum atomic E-state index is 13.0. The number of carbonyl (C=O) groups is 2. The van der Waals surface area contributed by atoms with Gasteiger partial charge in [0.25, 0.3) is 0 Å². The van der Waals surface area contributed by atoms with Crippen LogP contribution in [0.15, 0.2) is 42.5 Å². The van der Waals surface area contributed by atoms with E-state index in [-0.39, 0.29) is 30.6 Å².